The topological polar surface area (TPSA) is 44.8 Å². The second-order valence-electron chi connectivity index (χ2n) is 10.6. The summed E-state index contributed by atoms with van der Waals surface area (Å²) in [6, 6.07) is 13.2. The zero-order chi connectivity index (χ0) is 26.2. The Labute approximate surface area is 229 Å². The number of benzene rings is 2. The van der Waals surface area contributed by atoms with Crippen LogP contribution in [0.1, 0.15) is 62.5 Å². The summed E-state index contributed by atoms with van der Waals surface area (Å²) in [6.45, 7) is 7.33. The van der Waals surface area contributed by atoms with E-state index in [0.717, 1.165) is 74.3 Å². The summed E-state index contributed by atoms with van der Waals surface area (Å²) in [5.74, 6) is 1.07. The lowest BCUT2D eigenvalue weighted by Crippen LogP contribution is -2.48. The smallest absolute Gasteiger partial charge is 0.217 e. The van der Waals surface area contributed by atoms with Crippen molar-refractivity contribution in [2.75, 3.05) is 39.8 Å². The molecule has 2 aromatic rings. The third-order valence-electron chi connectivity index (χ3n) is 8.13. The van der Waals surface area contributed by atoms with E-state index in [1.54, 1.807) is 26.2 Å². The third kappa shape index (κ3) is 7.78. The van der Waals surface area contributed by atoms with Gasteiger partial charge >= 0.3 is 0 Å². The molecule has 202 valence electrons. The van der Waals surface area contributed by atoms with Crippen LogP contribution in [0.25, 0.3) is 0 Å². The van der Waals surface area contributed by atoms with E-state index in [1.165, 1.54) is 24.8 Å². The molecule has 0 spiro atoms. The zero-order valence-electron chi connectivity index (χ0n) is 22.2. The molecule has 0 radical (unpaired) electrons. The van der Waals surface area contributed by atoms with Crippen LogP contribution >= 0.6 is 15.9 Å². The fourth-order valence-electron chi connectivity index (χ4n) is 6.11. The summed E-state index contributed by atoms with van der Waals surface area (Å²) < 4.78 is 21.6. The van der Waals surface area contributed by atoms with Crippen molar-refractivity contribution < 1.29 is 13.9 Å². The van der Waals surface area contributed by atoms with E-state index in [9.17, 15) is 4.79 Å². The van der Waals surface area contributed by atoms with Crippen LogP contribution in [-0.4, -0.2) is 61.6 Å². The number of carbonyl (C=O) groups excluding carboxylic acids is 1. The number of piperazine rings is 1. The minimum Gasteiger partial charge on any atom is -0.497 e. The highest BCUT2D eigenvalue weighted by Gasteiger charge is 2.34. The number of amides is 1. The molecule has 1 saturated heterocycles. The monoisotopic (exact) mass is 573 g/mol. The van der Waals surface area contributed by atoms with Gasteiger partial charge in [0.05, 0.1) is 7.11 Å². The number of hydrogen-bond acceptors (Lipinski definition) is 4. The van der Waals surface area contributed by atoms with Gasteiger partial charge in [-0.3, -0.25) is 9.69 Å². The number of hydrogen-bond donors (Lipinski definition) is 1. The molecule has 37 heavy (non-hydrogen) atoms. The second-order valence-corrected chi connectivity index (χ2v) is 11.5. The lowest BCUT2D eigenvalue weighted by Gasteiger charge is -2.39. The first-order chi connectivity index (χ1) is 17.9. The van der Waals surface area contributed by atoms with Crippen LogP contribution < -0.4 is 10.1 Å². The molecule has 1 amide bonds. The van der Waals surface area contributed by atoms with Crippen molar-refractivity contribution in [2.24, 2.45) is 5.92 Å². The van der Waals surface area contributed by atoms with Gasteiger partial charge in [0, 0.05) is 56.1 Å². The maximum atomic E-state index is 15.1. The number of carbonyl (C=O) groups is 1. The zero-order valence-corrected chi connectivity index (χ0v) is 23.8. The molecule has 2 fully saturated rings. The normalized spacial score (nSPS) is 19.4. The van der Waals surface area contributed by atoms with E-state index >= 15 is 4.39 Å². The largest absolute Gasteiger partial charge is 0.497 e. The van der Waals surface area contributed by atoms with Crippen molar-refractivity contribution in [3.63, 3.8) is 0 Å². The highest BCUT2D eigenvalue weighted by molar-refractivity contribution is 9.10. The molecule has 2 unspecified atom stereocenters. The second kappa shape index (κ2) is 13.7. The summed E-state index contributed by atoms with van der Waals surface area (Å²) in [5, 5.41) is 3.27. The Morgan fingerprint density at radius 2 is 1.78 bits per heavy atom. The lowest BCUT2D eigenvalue weighted by molar-refractivity contribution is -0.120. The first kappa shape index (κ1) is 28.1. The van der Waals surface area contributed by atoms with Crippen molar-refractivity contribution in [2.45, 2.75) is 64.0 Å². The van der Waals surface area contributed by atoms with Crippen molar-refractivity contribution >= 4 is 21.8 Å². The van der Waals surface area contributed by atoms with Crippen LogP contribution in [0.4, 0.5) is 4.39 Å². The van der Waals surface area contributed by atoms with E-state index in [2.05, 4.69) is 37.1 Å². The summed E-state index contributed by atoms with van der Waals surface area (Å²) >= 11 is 3.68. The van der Waals surface area contributed by atoms with Crippen LogP contribution in [0.3, 0.4) is 0 Å². The van der Waals surface area contributed by atoms with Gasteiger partial charge in [-0.1, -0.05) is 53.4 Å². The van der Waals surface area contributed by atoms with Crippen LogP contribution in [0.2, 0.25) is 0 Å². The maximum Gasteiger partial charge on any atom is 0.217 e. The third-order valence-corrected chi connectivity index (χ3v) is 8.91. The fraction of sp³-hybridized carbons (Fsp3) is 0.567. The predicted octanol–water partition coefficient (Wildman–Crippen LogP) is 5.97. The summed E-state index contributed by atoms with van der Waals surface area (Å²) in [7, 11) is 1.70. The van der Waals surface area contributed by atoms with E-state index < -0.39 is 0 Å². The first-order valence-corrected chi connectivity index (χ1v) is 14.5. The Balaban J connectivity index is 1.41. The minimum absolute atomic E-state index is 0.0192. The average molecular weight is 575 g/mol. The van der Waals surface area contributed by atoms with Crippen LogP contribution in [0, 0.1) is 11.7 Å². The van der Waals surface area contributed by atoms with E-state index in [4.69, 9.17) is 4.74 Å². The van der Waals surface area contributed by atoms with Crippen LogP contribution in [0.15, 0.2) is 46.9 Å². The number of methoxy groups -OCH3 is 1. The number of nitrogens with one attached hydrogen (secondary N) is 1. The number of halogens is 2. The van der Waals surface area contributed by atoms with Gasteiger partial charge in [-0.05, 0) is 67.1 Å². The molecule has 1 saturated carbocycles. The molecule has 1 aliphatic heterocycles. The van der Waals surface area contributed by atoms with E-state index in [0.29, 0.717) is 5.92 Å². The fourth-order valence-corrected chi connectivity index (χ4v) is 6.48. The van der Waals surface area contributed by atoms with Gasteiger partial charge in [0.15, 0.2) is 0 Å². The van der Waals surface area contributed by atoms with Crippen LogP contribution in [-0.2, 0) is 11.3 Å². The predicted molar refractivity (Wildman–Crippen MR) is 150 cm³/mol. The van der Waals surface area contributed by atoms with Crippen LogP contribution in [0.5, 0.6) is 5.75 Å². The molecule has 2 aliphatic rings. The van der Waals surface area contributed by atoms with Crippen molar-refractivity contribution in [1.29, 1.82) is 0 Å². The molecule has 2 atom stereocenters. The summed E-state index contributed by atoms with van der Waals surface area (Å²) in [5.41, 5.74) is 1.98. The Morgan fingerprint density at radius 3 is 2.46 bits per heavy atom. The van der Waals surface area contributed by atoms with E-state index in [1.807, 2.05) is 24.3 Å². The molecule has 2 aromatic carbocycles. The quantitative estimate of drug-likeness (QED) is 0.380. The molecule has 0 bridgehead atoms. The van der Waals surface area contributed by atoms with Gasteiger partial charge in [0.1, 0.15) is 11.6 Å². The van der Waals surface area contributed by atoms with Gasteiger partial charge < -0.3 is 15.0 Å². The number of rotatable bonds is 10. The molecule has 1 N–H and O–H groups in total. The Kier molecular flexibility index (Phi) is 10.4. The van der Waals surface area contributed by atoms with Gasteiger partial charge in [-0.15, -0.1) is 0 Å². The standard InChI is InChI=1S/C30H41BrFN3O2/c1-22(36)33-30(23-8-4-3-5-9-23)27(26-10-6-7-11-29(26)32)14-15-34-16-18-35(19-17-34)21-24-20-25(37-2)12-13-28(24)31/h6-7,10-13,20,23,27,30H,3-5,8-9,14-19,21H2,1-2H3,(H,33,36). The molecule has 1 aliphatic carbocycles. The van der Waals surface area contributed by atoms with Gasteiger partial charge in [0.2, 0.25) is 5.91 Å². The van der Waals surface area contributed by atoms with Crippen molar-refractivity contribution in [1.82, 2.24) is 15.1 Å². The van der Waals surface area contributed by atoms with Crippen molar-refractivity contribution in [3.05, 3.63) is 63.9 Å². The Hall–Kier alpha value is -1.96. The molecular formula is C30H41BrFN3O2. The van der Waals surface area contributed by atoms with Gasteiger partial charge in [-0.25, -0.2) is 4.39 Å². The number of ether oxygens (including phenoxy) is 1. The lowest BCUT2D eigenvalue weighted by atomic mass is 9.75. The molecule has 0 aromatic heterocycles. The molecule has 4 rings (SSSR count). The Bertz CT molecular complexity index is 1020. The Morgan fingerprint density at radius 1 is 1.08 bits per heavy atom. The summed E-state index contributed by atoms with van der Waals surface area (Å²) in [4.78, 5) is 17.2. The summed E-state index contributed by atoms with van der Waals surface area (Å²) in [6.07, 6.45) is 6.68. The van der Waals surface area contributed by atoms with E-state index in [-0.39, 0.29) is 23.7 Å². The minimum atomic E-state index is -0.160. The highest BCUT2D eigenvalue weighted by atomic mass is 79.9. The number of nitrogens with zero attached hydrogens (tertiary/aromatic N) is 2. The first-order valence-electron chi connectivity index (χ1n) is 13.7. The SMILES string of the molecule is COc1ccc(Br)c(CN2CCN(CCC(c3ccccc3F)C(NC(C)=O)C3CCCCC3)CC2)c1. The molecule has 7 heteroatoms. The average Bonchev–Trinajstić information content (AvgIpc) is 2.91. The highest BCUT2D eigenvalue weighted by Crippen LogP contribution is 2.36. The van der Waals surface area contributed by atoms with Gasteiger partial charge in [-0.2, -0.15) is 0 Å². The molecular weight excluding hydrogens is 533 g/mol. The van der Waals surface area contributed by atoms with Crippen molar-refractivity contribution in [3.8, 4) is 5.75 Å². The molecule has 1 heterocycles. The molecule has 5 nitrogen and oxygen atoms in total. The maximum absolute atomic E-state index is 15.1. The van der Waals surface area contributed by atoms with Gasteiger partial charge in [0.25, 0.3) is 0 Å².